The summed E-state index contributed by atoms with van der Waals surface area (Å²) in [6.07, 6.45) is 4.06. The molecule has 1 aromatic rings. The molecular formula is C17H28N4O. The van der Waals surface area contributed by atoms with E-state index < -0.39 is 0 Å². The third kappa shape index (κ3) is 4.61. The van der Waals surface area contributed by atoms with Gasteiger partial charge in [0.1, 0.15) is 0 Å². The molecule has 1 N–H and O–H groups in total. The molecular weight excluding hydrogens is 276 g/mol. The normalized spacial score (nSPS) is 17.6. The zero-order chi connectivity index (χ0) is 16.0. The van der Waals surface area contributed by atoms with E-state index in [1.165, 1.54) is 6.42 Å². The minimum Gasteiger partial charge on any atom is -0.478 e. The van der Waals surface area contributed by atoms with Crippen molar-refractivity contribution in [1.82, 2.24) is 15.2 Å². The number of pyridine rings is 1. The molecule has 0 aliphatic carbocycles. The lowest BCUT2D eigenvalue weighted by molar-refractivity contribution is 0.305. The summed E-state index contributed by atoms with van der Waals surface area (Å²) in [6.45, 7) is 10.2. The van der Waals surface area contributed by atoms with E-state index in [2.05, 4.69) is 41.0 Å². The second kappa shape index (κ2) is 7.47. The Labute approximate surface area is 133 Å². The van der Waals surface area contributed by atoms with Crippen LogP contribution in [0, 0.1) is 5.41 Å². The van der Waals surface area contributed by atoms with Gasteiger partial charge in [-0.2, -0.15) is 0 Å². The fourth-order valence-electron chi connectivity index (χ4n) is 2.61. The van der Waals surface area contributed by atoms with Gasteiger partial charge in [-0.15, -0.1) is 0 Å². The number of aromatic nitrogens is 1. The maximum absolute atomic E-state index is 5.50. The maximum atomic E-state index is 5.50. The minimum absolute atomic E-state index is 0.372. The fourth-order valence-corrected chi connectivity index (χ4v) is 2.61. The molecule has 1 aliphatic heterocycles. The Morgan fingerprint density at radius 2 is 2.27 bits per heavy atom. The summed E-state index contributed by atoms with van der Waals surface area (Å²) in [7, 11) is 1.84. The molecule has 1 saturated heterocycles. The Bertz CT molecular complexity index is 496. The summed E-state index contributed by atoms with van der Waals surface area (Å²) >= 11 is 0. The van der Waals surface area contributed by atoms with Crippen LogP contribution in [-0.4, -0.2) is 42.6 Å². The van der Waals surface area contributed by atoms with E-state index in [1.54, 1.807) is 0 Å². The van der Waals surface area contributed by atoms with Crippen LogP contribution in [0.3, 0.4) is 0 Å². The Morgan fingerprint density at radius 3 is 2.82 bits per heavy atom. The average molecular weight is 304 g/mol. The van der Waals surface area contributed by atoms with Crippen molar-refractivity contribution in [3.8, 4) is 5.88 Å². The van der Waals surface area contributed by atoms with Crippen molar-refractivity contribution in [2.24, 2.45) is 10.4 Å². The summed E-state index contributed by atoms with van der Waals surface area (Å²) in [5.41, 5.74) is 1.50. The molecule has 2 rings (SSSR count). The third-order valence-electron chi connectivity index (χ3n) is 3.89. The predicted octanol–water partition coefficient (Wildman–Crippen LogP) is 2.68. The van der Waals surface area contributed by atoms with Crippen LogP contribution in [0.4, 0.5) is 0 Å². The van der Waals surface area contributed by atoms with Crippen molar-refractivity contribution in [1.29, 1.82) is 0 Å². The summed E-state index contributed by atoms with van der Waals surface area (Å²) in [5, 5.41) is 3.42. The van der Waals surface area contributed by atoms with Crippen LogP contribution < -0.4 is 10.1 Å². The van der Waals surface area contributed by atoms with Crippen molar-refractivity contribution in [3.63, 3.8) is 0 Å². The number of nitrogens with zero attached hydrogens (tertiary/aromatic N) is 3. The Balaban J connectivity index is 1.86. The van der Waals surface area contributed by atoms with Crippen molar-refractivity contribution >= 4 is 5.96 Å². The highest BCUT2D eigenvalue weighted by molar-refractivity contribution is 5.80. The quantitative estimate of drug-likeness (QED) is 0.671. The maximum Gasteiger partial charge on any atom is 0.213 e. The SMILES string of the molecule is CCCOc1ccc(CNC(=NC)N2CCC(C)(C)C2)cn1. The van der Waals surface area contributed by atoms with E-state index in [9.17, 15) is 0 Å². The molecule has 1 aromatic heterocycles. The number of hydrogen-bond acceptors (Lipinski definition) is 3. The first-order valence-corrected chi connectivity index (χ1v) is 8.07. The monoisotopic (exact) mass is 304 g/mol. The lowest BCUT2D eigenvalue weighted by Crippen LogP contribution is -2.40. The highest BCUT2D eigenvalue weighted by Gasteiger charge is 2.30. The molecule has 1 aliphatic rings. The van der Waals surface area contributed by atoms with Crippen LogP contribution in [0.2, 0.25) is 0 Å². The lowest BCUT2D eigenvalue weighted by Gasteiger charge is -2.23. The fraction of sp³-hybridized carbons (Fsp3) is 0.647. The molecule has 0 aromatic carbocycles. The zero-order valence-electron chi connectivity index (χ0n) is 14.2. The van der Waals surface area contributed by atoms with Gasteiger partial charge in [0.25, 0.3) is 0 Å². The number of rotatable bonds is 5. The van der Waals surface area contributed by atoms with Gasteiger partial charge in [0.15, 0.2) is 5.96 Å². The molecule has 0 amide bonds. The van der Waals surface area contributed by atoms with Crippen LogP contribution in [0.5, 0.6) is 5.88 Å². The van der Waals surface area contributed by atoms with Crippen molar-refractivity contribution in [3.05, 3.63) is 23.9 Å². The van der Waals surface area contributed by atoms with Gasteiger partial charge in [0.2, 0.25) is 5.88 Å². The topological polar surface area (TPSA) is 49.8 Å². The molecule has 122 valence electrons. The number of aliphatic imine (C=N–C) groups is 1. The number of nitrogens with one attached hydrogen (secondary N) is 1. The smallest absolute Gasteiger partial charge is 0.213 e. The Hall–Kier alpha value is -1.78. The van der Waals surface area contributed by atoms with Gasteiger partial charge < -0.3 is 15.0 Å². The van der Waals surface area contributed by atoms with Crippen LogP contribution >= 0.6 is 0 Å². The van der Waals surface area contributed by atoms with Gasteiger partial charge in [0.05, 0.1) is 6.61 Å². The highest BCUT2D eigenvalue weighted by Crippen LogP contribution is 2.28. The largest absolute Gasteiger partial charge is 0.478 e. The Kier molecular flexibility index (Phi) is 5.63. The molecule has 1 fully saturated rings. The molecule has 0 atom stereocenters. The van der Waals surface area contributed by atoms with Gasteiger partial charge in [0, 0.05) is 38.9 Å². The van der Waals surface area contributed by atoms with Crippen molar-refractivity contribution in [2.75, 3.05) is 26.7 Å². The van der Waals surface area contributed by atoms with E-state index in [0.717, 1.165) is 37.6 Å². The predicted molar refractivity (Wildman–Crippen MR) is 90.2 cm³/mol. The van der Waals surface area contributed by atoms with E-state index in [4.69, 9.17) is 4.74 Å². The second-order valence-electron chi connectivity index (χ2n) is 6.59. The van der Waals surface area contributed by atoms with E-state index in [-0.39, 0.29) is 0 Å². The standard InChI is InChI=1S/C17H28N4O/c1-5-10-22-15-7-6-14(11-19-15)12-20-16(18-4)21-9-8-17(2,3)13-21/h6-7,11H,5,8-10,12-13H2,1-4H3,(H,18,20). The summed E-state index contributed by atoms with van der Waals surface area (Å²) in [5.74, 6) is 1.66. The number of likely N-dealkylation sites (tertiary alicyclic amines) is 1. The summed E-state index contributed by atoms with van der Waals surface area (Å²) < 4.78 is 5.50. The first-order chi connectivity index (χ1) is 10.5. The molecule has 0 saturated carbocycles. The second-order valence-corrected chi connectivity index (χ2v) is 6.59. The summed E-state index contributed by atoms with van der Waals surface area (Å²) in [6, 6.07) is 3.97. The van der Waals surface area contributed by atoms with Gasteiger partial charge in [-0.05, 0) is 23.8 Å². The molecule has 0 unspecified atom stereocenters. The van der Waals surface area contributed by atoms with E-state index in [0.29, 0.717) is 17.9 Å². The zero-order valence-corrected chi connectivity index (χ0v) is 14.2. The van der Waals surface area contributed by atoms with Crippen molar-refractivity contribution in [2.45, 2.75) is 40.2 Å². The van der Waals surface area contributed by atoms with Crippen LogP contribution in [0.15, 0.2) is 23.3 Å². The molecule has 5 heteroatoms. The first kappa shape index (κ1) is 16.6. The average Bonchev–Trinajstić information content (AvgIpc) is 2.87. The molecule has 0 bridgehead atoms. The Morgan fingerprint density at radius 1 is 1.45 bits per heavy atom. The van der Waals surface area contributed by atoms with Gasteiger partial charge in [-0.25, -0.2) is 4.98 Å². The molecule has 5 nitrogen and oxygen atoms in total. The number of hydrogen-bond donors (Lipinski definition) is 1. The van der Waals surface area contributed by atoms with Crippen molar-refractivity contribution < 1.29 is 4.74 Å². The summed E-state index contributed by atoms with van der Waals surface area (Å²) in [4.78, 5) is 11.0. The van der Waals surface area contributed by atoms with E-state index in [1.807, 2.05) is 25.4 Å². The first-order valence-electron chi connectivity index (χ1n) is 8.07. The van der Waals surface area contributed by atoms with Crippen LogP contribution in [0.1, 0.15) is 39.2 Å². The van der Waals surface area contributed by atoms with Gasteiger partial charge in [-0.1, -0.05) is 26.8 Å². The minimum atomic E-state index is 0.372. The molecule has 22 heavy (non-hydrogen) atoms. The van der Waals surface area contributed by atoms with Crippen LogP contribution in [0.25, 0.3) is 0 Å². The molecule has 0 radical (unpaired) electrons. The number of ether oxygens (including phenoxy) is 1. The van der Waals surface area contributed by atoms with Gasteiger partial charge in [-0.3, -0.25) is 4.99 Å². The van der Waals surface area contributed by atoms with Crippen LogP contribution in [-0.2, 0) is 6.54 Å². The van der Waals surface area contributed by atoms with E-state index >= 15 is 0 Å². The lowest BCUT2D eigenvalue weighted by atomic mass is 9.93. The number of guanidine groups is 1. The third-order valence-corrected chi connectivity index (χ3v) is 3.89. The van der Waals surface area contributed by atoms with Gasteiger partial charge >= 0.3 is 0 Å². The highest BCUT2D eigenvalue weighted by atomic mass is 16.5. The molecule has 0 spiro atoms. The molecule has 2 heterocycles.